The van der Waals surface area contributed by atoms with E-state index in [0.29, 0.717) is 11.6 Å². The maximum atomic E-state index is 6.57. The topological polar surface area (TPSA) is 63.6 Å². The first-order valence-electron chi connectivity index (χ1n) is 8.36. The molecule has 1 aromatic carbocycles. The van der Waals surface area contributed by atoms with Crippen molar-refractivity contribution < 1.29 is 0 Å². The van der Waals surface area contributed by atoms with Crippen LogP contribution in [0.2, 0.25) is 5.02 Å². The van der Waals surface area contributed by atoms with Crippen LogP contribution in [0.15, 0.2) is 55.0 Å². The minimum atomic E-state index is -0.226. The predicted octanol–water partition coefficient (Wildman–Crippen LogP) is 3.68. The second-order valence-corrected chi connectivity index (χ2v) is 6.56. The fourth-order valence-electron chi connectivity index (χ4n) is 3.51. The molecule has 1 fully saturated rings. The molecule has 0 saturated carbocycles. The van der Waals surface area contributed by atoms with Crippen LogP contribution in [-0.2, 0) is 5.41 Å². The fraction of sp³-hybridized carbons (Fsp3) is 0.263. The van der Waals surface area contributed by atoms with Crippen LogP contribution in [0.4, 0.5) is 0 Å². The van der Waals surface area contributed by atoms with Crippen molar-refractivity contribution in [3.05, 3.63) is 71.3 Å². The molecule has 0 amide bonds. The van der Waals surface area contributed by atoms with Gasteiger partial charge < -0.3 is 5.32 Å². The molecule has 0 radical (unpaired) electrons. The molecule has 0 bridgehead atoms. The Morgan fingerprint density at radius 3 is 2.27 bits per heavy atom. The quantitative estimate of drug-likeness (QED) is 0.742. The van der Waals surface area contributed by atoms with Gasteiger partial charge in [0.25, 0.3) is 0 Å². The van der Waals surface area contributed by atoms with Crippen molar-refractivity contribution in [1.82, 2.24) is 25.3 Å². The number of hydrogen-bond acceptors (Lipinski definition) is 5. The van der Waals surface area contributed by atoms with Gasteiger partial charge in [-0.1, -0.05) is 29.8 Å². The molecule has 4 rings (SSSR count). The molecule has 1 saturated heterocycles. The maximum Gasteiger partial charge on any atom is 0.197 e. The van der Waals surface area contributed by atoms with Crippen molar-refractivity contribution in [2.45, 2.75) is 18.3 Å². The van der Waals surface area contributed by atoms with Crippen molar-refractivity contribution in [2.75, 3.05) is 13.1 Å². The summed E-state index contributed by atoms with van der Waals surface area (Å²) in [5.41, 5.74) is 1.87. The standard InChI is InChI=1S/C19H18ClN5.ClH/c20-15-5-2-1-4-14(15)19(7-12-21-13-8-19)16-6-11-24-18(25-16)17-22-9-3-10-23-17;/h1-6,9-11,21H,7-8,12-13H2;1H. The van der Waals surface area contributed by atoms with Crippen molar-refractivity contribution in [3.8, 4) is 11.6 Å². The Labute approximate surface area is 163 Å². The predicted molar refractivity (Wildman–Crippen MR) is 105 cm³/mol. The average molecular weight is 388 g/mol. The van der Waals surface area contributed by atoms with Crippen LogP contribution in [0.3, 0.4) is 0 Å². The van der Waals surface area contributed by atoms with Crippen LogP contribution in [-0.4, -0.2) is 33.0 Å². The van der Waals surface area contributed by atoms with Gasteiger partial charge in [0.1, 0.15) is 0 Å². The minimum absolute atomic E-state index is 0. The third-order valence-corrected chi connectivity index (χ3v) is 5.09. The van der Waals surface area contributed by atoms with Gasteiger partial charge in [-0.15, -0.1) is 12.4 Å². The largest absolute Gasteiger partial charge is 0.317 e. The summed E-state index contributed by atoms with van der Waals surface area (Å²) in [6, 6.07) is 11.8. The molecule has 0 unspecified atom stereocenters. The Morgan fingerprint density at radius 2 is 1.54 bits per heavy atom. The third kappa shape index (κ3) is 3.43. The van der Waals surface area contributed by atoms with E-state index < -0.39 is 0 Å². The summed E-state index contributed by atoms with van der Waals surface area (Å²) in [6.45, 7) is 1.85. The summed E-state index contributed by atoms with van der Waals surface area (Å²) in [5, 5.41) is 4.21. The van der Waals surface area contributed by atoms with Gasteiger partial charge in [0, 0.05) is 29.0 Å². The van der Waals surface area contributed by atoms with E-state index in [-0.39, 0.29) is 17.8 Å². The number of nitrogens with one attached hydrogen (secondary N) is 1. The van der Waals surface area contributed by atoms with Crippen molar-refractivity contribution in [1.29, 1.82) is 0 Å². The molecule has 7 heteroatoms. The first kappa shape index (κ1) is 18.7. The zero-order chi connectivity index (χ0) is 17.1. The average Bonchev–Trinajstić information content (AvgIpc) is 2.70. The molecule has 3 aromatic rings. The van der Waals surface area contributed by atoms with E-state index in [1.165, 1.54) is 0 Å². The number of nitrogens with zero attached hydrogens (tertiary/aromatic N) is 4. The highest BCUT2D eigenvalue weighted by atomic mass is 35.5. The second-order valence-electron chi connectivity index (χ2n) is 6.15. The Hall–Kier alpha value is -2.08. The SMILES string of the molecule is Cl.Clc1ccccc1C1(c2ccnc(-c3ncccn3)n2)CCNCC1. The van der Waals surface area contributed by atoms with Gasteiger partial charge in [0.05, 0.1) is 5.69 Å². The van der Waals surface area contributed by atoms with E-state index in [4.69, 9.17) is 16.6 Å². The van der Waals surface area contributed by atoms with Crippen LogP contribution in [0.1, 0.15) is 24.1 Å². The molecular weight excluding hydrogens is 369 g/mol. The zero-order valence-corrected chi connectivity index (χ0v) is 15.7. The number of rotatable bonds is 3. The number of halogens is 2. The highest BCUT2D eigenvalue weighted by molar-refractivity contribution is 6.31. The molecule has 0 atom stereocenters. The third-order valence-electron chi connectivity index (χ3n) is 4.76. The molecule has 26 heavy (non-hydrogen) atoms. The van der Waals surface area contributed by atoms with Crippen LogP contribution in [0.5, 0.6) is 0 Å². The van der Waals surface area contributed by atoms with E-state index in [1.54, 1.807) is 24.7 Å². The lowest BCUT2D eigenvalue weighted by Crippen LogP contribution is -2.41. The summed E-state index contributed by atoms with van der Waals surface area (Å²) in [7, 11) is 0. The summed E-state index contributed by atoms with van der Waals surface area (Å²) in [6.07, 6.45) is 7.06. The Balaban J connectivity index is 0.00000196. The molecule has 5 nitrogen and oxygen atoms in total. The Kier molecular flexibility index (Phi) is 5.81. The summed E-state index contributed by atoms with van der Waals surface area (Å²) in [5.74, 6) is 1.08. The molecule has 1 N–H and O–H groups in total. The number of piperidine rings is 1. The zero-order valence-electron chi connectivity index (χ0n) is 14.1. The van der Waals surface area contributed by atoms with Gasteiger partial charge in [-0.2, -0.15) is 0 Å². The first-order valence-corrected chi connectivity index (χ1v) is 8.74. The lowest BCUT2D eigenvalue weighted by atomic mass is 9.70. The highest BCUT2D eigenvalue weighted by Gasteiger charge is 2.38. The van der Waals surface area contributed by atoms with E-state index in [0.717, 1.165) is 42.2 Å². The molecule has 1 aliphatic rings. The number of hydrogen-bond donors (Lipinski definition) is 1. The van der Waals surface area contributed by atoms with Crippen LogP contribution < -0.4 is 5.32 Å². The van der Waals surface area contributed by atoms with Gasteiger partial charge in [-0.05, 0) is 49.7 Å². The van der Waals surface area contributed by atoms with Crippen molar-refractivity contribution in [3.63, 3.8) is 0 Å². The van der Waals surface area contributed by atoms with Gasteiger partial charge in [0.15, 0.2) is 11.6 Å². The Morgan fingerprint density at radius 1 is 0.846 bits per heavy atom. The van der Waals surface area contributed by atoms with E-state index in [2.05, 4.69) is 26.3 Å². The van der Waals surface area contributed by atoms with Gasteiger partial charge in [0.2, 0.25) is 0 Å². The first-order chi connectivity index (χ1) is 12.3. The molecule has 2 aromatic heterocycles. The monoisotopic (exact) mass is 387 g/mol. The molecule has 134 valence electrons. The smallest absolute Gasteiger partial charge is 0.197 e. The van der Waals surface area contributed by atoms with Crippen molar-refractivity contribution in [2.24, 2.45) is 0 Å². The van der Waals surface area contributed by atoms with Crippen molar-refractivity contribution >= 4 is 24.0 Å². The summed E-state index contributed by atoms with van der Waals surface area (Å²) >= 11 is 6.57. The minimum Gasteiger partial charge on any atom is -0.317 e. The molecule has 3 heterocycles. The van der Waals surface area contributed by atoms with E-state index in [9.17, 15) is 0 Å². The van der Waals surface area contributed by atoms with Crippen LogP contribution in [0.25, 0.3) is 11.6 Å². The lowest BCUT2D eigenvalue weighted by Gasteiger charge is -2.38. The number of aromatic nitrogens is 4. The summed E-state index contributed by atoms with van der Waals surface area (Å²) in [4.78, 5) is 17.7. The van der Waals surface area contributed by atoms with Gasteiger partial charge in [-0.25, -0.2) is 19.9 Å². The maximum absolute atomic E-state index is 6.57. The van der Waals surface area contributed by atoms with Gasteiger partial charge in [-0.3, -0.25) is 0 Å². The van der Waals surface area contributed by atoms with Crippen LogP contribution >= 0.6 is 24.0 Å². The normalized spacial score (nSPS) is 15.9. The summed E-state index contributed by atoms with van der Waals surface area (Å²) < 4.78 is 0. The van der Waals surface area contributed by atoms with E-state index in [1.807, 2.05) is 24.3 Å². The molecule has 1 aliphatic heterocycles. The fourth-order valence-corrected chi connectivity index (χ4v) is 3.83. The molecule has 0 spiro atoms. The van der Waals surface area contributed by atoms with E-state index >= 15 is 0 Å². The highest BCUT2D eigenvalue weighted by Crippen LogP contribution is 2.42. The van der Waals surface area contributed by atoms with Gasteiger partial charge >= 0.3 is 0 Å². The van der Waals surface area contributed by atoms with Crippen LogP contribution in [0, 0.1) is 0 Å². The Bertz CT molecular complexity index is 867. The molecule has 0 aliphatic carbocycles. The number of benzene rings is 1. The lowest BCUT2D eigenvalue weighted by molar-refractivity contribution is 0.354. The molecular formula is C19H19Cl2N5. The second kappa shape index (κ2) is 8.08.